The van der Waals surface area contributed by atoms with Crippen LogP contribution in [0.25, 0.3) is 5.76 Å². The first kappa shape index (κ1) is 27.4. The van der Waals surface area contributed by atoms with Gasteiger partial charge in [-0.1, -0.05) is 31.9 Å². The Morgan fingerprint density at radius 2 is 1.46 bits per heavy atom. The summed E-state index contributed by atoms with van der Waals surface area (Å²) in [4.78, 5) is 39.9. The first-order valence-electron chi connectivity index (χ1n) is 12.8. The molecule has 0 aliphatic carbocycles. The molecule has 0 saturated carbocycles. The summed E-state index contributed by atoms with van der Waals surface area (Å²) in [5.41, 5.74) is 1.63. The van der Waals surface area contributed by atoms with Gasteiger partial charge in [0.05, 0.1) is 38.0 Å². The molecule has 4 rings (SSSR count). The Hall–Kier alpha value is -4.59. The molecule has 1 fully saturated rings. The normalized spacial score (nSPS) is 16.3. The van der Waals surface area contributed by atoms with Gasteiger partial charge in [0.1, 0.15) is 17.3 Å². The van der Waals surface area contributed by atoms with Gasteiger partial charge in [0.15, 0.2) is 0 Å². The number of methoxy groups -OCH3 is 2. The van der Waals surface area contributed by atoms with Crippen LogP contribution in [0.3, 0.4) is 0 Å². The van der Waals surface area contributed by atoms with Crippen LogP contribution in [-0.4, -0.2) is 43.6 Å². The van der Waals surface area contributed by atoms with Gasteiger partial charge in [-0.05, 0) is 72.6 Å². The minimum absolute atomic E-state index is 0.0428. The third-order valence-electron chi connectivity index (χ3n) is 6.59. The molecule has 8 nitrogen and oxygen atoms in total. The lowest BCUT2D eigenvalue weighted by molar-refractivity contribution is -0.132. The lowest BCUT2D eigenvalue weighted by Crippen LogP contribution is -2.29. The number of benzene rings is 3. The maximum atomic E-state index is 13.4. The van der Waals surface area contributed by atoms with Crippen molar-refractivity contribution in [3.05, 3.63) is 95.1 Å². The Morgan fingerprint density at radius 1 is 0.846 bits per heavy atom. The van der Waals surface area contributed by atoms with Crippen LogP contribution in [0, 0.1) is 0 Å². The van der Waals surface area contributed by atoms with Gasteiger partial charge in [-0.25, -0.2) is 4.79 Å². The van der Waals surface area contributed by atoms with E-state index in [1.54, 1.807) is 67.8 Å². The number of carbonyl (C=O) groups excluding carboxylic acids is 3. The van der Waals surface area contributed by atoms with Crippen molar-refractivity contribution in [1.29, 1.82) is 0 Å². The van der Waals surface area contributed by atoms with Crippen molar-refractivity contribution >= 4 is 29.1 Å². The van der Waals surface area contributed by atoms with Crippen molar-refractivity contribution in [2.75, 3.05) is 25.7 Å². The van der Waals surface area contributed by atoms with Gasteiger partial charge < -0.3 is 19.3 Å². The van der Waals surface area contributed by atoms with Crippen molar-refractivity contribution in [3.8, 4) is 11.5 Å². The first-order chi connectivity index (χ1) is 18.9. The number of carbonyl (C=O) groups is 3. The second kappa shape index (κ2) is 12.3. The van der Waals surface area contributed by atoms with E-state index in [9.17, 15) is 19.5 Å². The second-order valence-corrected chi connectivity index (χ2v) is 9.06. The molecule has 0 aromatic heterocycles. The van der Waals surface area contributed by atoms with Crippen LogP contribution >= 0.6 is 0 Å². The van der Waals surface area contributed by atoms with Crippen LogP contribution in [0.1, 0.15) is 53.7 Å². The van der Waals surface area contributed by atoms with Gasteiger partial charge in [0.2, 0.25) is 0 Å². The van der Waals surface area contributed by atoms with E-state index in [2.05, 4.69) is 6.92 Å². The Kier molecular flexibility index (Phi) is 8.66. The number of amides is 1. The summed E-state index contributed by atoms with van der Waals surface area (Å²) < 4.78 is 15.8. The minimum atomic E-state index is -0.912. The predicted octanol–water partition coefficient (Wildman–Crippen LogP) is 5.68. The first-order valence-corrected chi connectivity index (χ1v) is 12.8. The molecule has 0 bridgehead atoms. The fourth-order valence-corrected chi connectivity index (χ4v) is 4.48. The molecule has 1 atom stereocenters. The van der Waals surface area contributed by atoms with Gasteiger partial charge in [0, 0.05) is 11.3 Å². The average Bonchev–Trinajstić information content (AvgIpc) is 3.24. The average molecular weight is 530 g/mol. The Morgan fingerprint density at radius 3 is 2.05 bits per heavy atom. The number of hydrogen-bond acceptors (Lipinski definition) is 7. The van der Waals surface area contributed by atoms with Crippen LogP contribution in [-0.2, 0) is 14.3 Å². The van der Waals surface area contributed by atoms with E-state index in [1.807, 2.05) is 0 Å². The second-order valence-electron chi connectivity index (χ2n) is 9.06. The summed E-state index contributed by atoms with van der Waals surface area (Å²) in [5.74, 6) is -1.16. The number of ketones is 1. The van der Waals surface area contributed by atoms with Crippen molar-refractivity contribution in [2.24, 2.45) is 0 Å². The topological polar surface area (TPSA) is 102 Å². The molecule has 1 heterocycles. The monoisotopic (exact) mass is 529 g/mol. The number of esters is 1. The van der Waals surface area contributed by atoms with Crippen LogP contribution in [0.15, 0.2) is 78.4 Å². The highest BCUT2D eigenvalue weighted by molar-refractivity contribution is 6.51. The number of aliphatic hydroxyl groups is 1. The summed E-state index contributed by atoms with van der Waals surface area (Å²) in [5, 5.41) is 11.3. The van der Waals surface area contributed by atoms with E-state index in [0.717, 1.165) is 19.3 Å². The number of unbranched alkanes of at least 4 members (excludes halogenated alkanes) is 2. The summed E-state index contributed by atoms with van der Waals surface area (Å²) in [6.45, 7) is 2.72. The Labute approximate surface area is 227 Å². The molecular formula is C31H31NO7. The van der Waals surface area contributed by atoms with E-state index >= 15 is 0 Å². The molecule has 3 aromatic rings. The maximum Gasteiger partial charge on any atom is 0.337 e. The van der Waals surface area contributed by atoms with Crippen LogP contribution in [0.5, 0.6) is 11.5 Å². The highest BCUT2D eigenvalue weighted by Crippen LogP contribution is 2.42. The fraction of sp³-hybridized carbons (Fsp3) is 0.258. The molecule has 1 aliphatic rings. The third-order valence-corrected chi connectivity index (χ3v) is 6.59. The molecule has 1 amide bonds. The quantitative estimate of drug-likeness (QED) is 0.119. The van der Waals surface area contributed by atoms with Gasteiger partial charge in [-0.3, -0.25) is 14.5 Å². The third kappa shape index (κ3) is 5.80. The van der Waals surface area contributed by atoms with Crippen molar-refractivity contribution in [1.82, 2.24) is 0 Å². The maximum absolute atomic E-state index is 13.4. The molecule has 202 valence electrons. The molecular weight excluding hydrogens is 498 g/mol. The summed E-state index contributed by atoms with van der Waals surface area (Å²) in [7, 11) is 2.82. The lowest BCUT2D eigenvalue weighted by Gasteiger charge is -2.25. The molecule has 0 radical (unpaired) electrons. The number of anilines is 1. The highest BCUT2D eigenvalue weighted by Gasteiger charge is 2.47. The zero-order chi connectivity index (χ0) is 27.9. The molecule has 0 spiro atoms. The number of hydrogen-bond donors (Lipinski definition) is 1. The summed E-state index contributed by atoms with van der Waals surface area (Å²) in [6.07, 6.45) is 3.12. The zero-order valence-electron chi connectivity index (χ0n) is 22.2. The van der Waals surface area contributed by atoms with E-state index in [0.29, 0.717) is 40.5 Å². The van der Waals surface area contributed by atoms with Crippen molar-refractivity contribution in [3.63, 3.8) is 0 Å². The fourth-order valence-electron chi connectivity index (χ4n) is 4.48. The van der Waals surface area contributed by atoms with E-state index < -0.39 is 23.7 Å². The molecule has 3 aromatic carbocycles. The number of nitrogens with zero attached hydrogens (tertiary/aromatic N) is 1. The van der Waals surface area contributed by atoms with E-state index in [4.69, 9.17) is 14.2 Å². The predicted molar refractivity (Wildman–Crippen MR) is 147 cm³/mol. The SMILES string of the molecule is CCCCCOc1ccc(/C(O)=C2\C(=O)C(=O)N(c3ccc(C(=O)OC)cc3)C2c2ccc(OC)cc2)cc1. The standard InChI is InChI=1S/C31H31NO7/c1-4-5-6-19-39-25-17-11-21(12-18-25)28(33)26-27(20-9-15-24(37-2)16-10-20)32(30(35)29(26)34)23-13-7-22(8-14-23)31(36)38-3/h7-18,27,33H,4-6,19H2,1-3H3/b28-26+. The molecule has 39 heavy (non-hydrogen) atoms. The van der Waals surface area contributed by atoms with Gasteiger partial charge in [-0.15, -0.1) is 0 Å². The Bertz CT molecular complexity index is 1360. The van der Waals surface area contributed by atoms with Crippen LogP contribution < -0.4 is 14.4 Å². The van der Waals surface area contributed by atoms with Crippen LogP contribution in [0.2, 0.25) is 0 Å². The number of aliphatic hydroxyl groups excluding tert-OH is 1. The van der Waals surface area contributed by atoms with Gasteiger partial charge in [0.25, 0.3) is 11.7 Å². The van der Waals surface area contributed by atoms with E-state index in [-0.39, 0.29) is 11.3 Å². The Balaban J connectivity index is 1.75. The van der Waals surface area contributed by atoms with Crippen LogP contribution in [0.4, 0.5) is 5.69 Å². The molecule has 1 N–H and O–H groups in total. The zero-order valence-corrected chi connectivity index (χ0v) is 22.2. The summed E-state index contributed by atoms with van der Waals surface area (Å²) in [6, 6.07) is 19.0. The smallest absolute Gasteiger partial charge is 0.337 e. The molecule has 8 heteroatoms. The lowest BCUT2D eigenvalue weighted by atomic mass is 9.95. The molecule has 1 unspecified atom stereocenters. The highest BCUT2D eigenvalue weighted by atomic mass is 16.5. The van der Waals surface area contributed by atoms with Crippen molar-refractivity contribution < 1.29 is 33.7 Å². The molecule has 1 aliphatic heterocycles. The minimum Gasteiger partial charge on any atom is -0.507 e. The van der Waals surface area contributed by atoms with Gasteiger partial charge in [-0.2, -0.15) is 0 Å². The number of ether oxygens (including phenoxy) is 3. The number of Topliss-reactive ketones (excluding diaryl/α,β-unsaturated/α-hetero) is 1. The largest absolute Gasteiger partial charge is 0.507 e. The van der Waals surface area contributed by atoms with Crippen molar-refractivity contribution in [2.45, 2.75) is 32.2 Å². The molecule has 1 saturated heterocycles. The van der Waals surface area contributed by atoms with E-state index in [1.165, 1.54) is 24.1 Å². The number of rotatable bonds is 10. The van der Waals surface area contributed by atoms with Gasteiger partial charge >= 0.3 is 5.97 Å². The summed E-state index contributed by atoms with van der Waals surface area (Å²) >= 11 is 0.